The molecule has 4 rings (SSSR count). The second-order valence-electron chi connectivity index (χ2n) is 9.27. The number of hydrogen-bond donors (Lipinski definition) is 3. The van der Waals surface area contributed by atoms with Gasteiger partial charge in [0.05, 0.1) is 16.8 Å². The number of fused-ring (bicyclic) bond motifs is 3. The molecule has 0 radical (unpaired) electrons. The lowest BCUT2D eigenvalue weighted by atomic mass is 9.46. The van der Waals surface area contributed by atoms with Gasteiger partial charge in [-0.1, -0.05) is 20.3 Å². The first kappa shape index (κ1) is 21.8. The summed E-state index contributed by atoms with van der Waals surface area (Å²) in [6.07, 6.45) is 2.58. The van der Waals surface area contributed by atoms with Crippen LogP contribution in [0.2, 0.25) is 0 Å². The van der Waals surface area contributed by atoms with Crippen LogP contribution in [0.25, 0.3) is 0 Å². The third-order valence-electron chi connectivity index (χ3n) is 7.49. The van der Waals surface area contributed by atoms with Crippen molar-refractivity contribution < 1.29 is 34.5 Å². The van der Waals surface area contributed by atoms with Crippen LogP contribution in [0.4, 0.5) is 5.69 Å². The number of aliphatic hydroxyl groups excluding tert-OH is 1. The van der Waals surface area contributed by atoms with Gasteiger partial charge in [0.15, 0.2) is 0 Å². The number of hydrogen-bond acceptors (Lipinski definition) is 9. The molecule has 1 aliphatic heterocycles. The van der Waals surface area contributed by atoms with E-state index in [0.29, 0.717) is 12.8 Å². The van der Waals surface area contributed by atoms with Crippen LogP contribution < -0.4 is 5.23 Å². The number of anilines is 1. The van der Waals surface area contributed by atoms with Crippen molar-refractivity contribution in [2.24, 2.45) is 16.7 Å². The van der Waals surface area contributed by atoms with E-state index in [1.54, 1.807) is 0 Å². The Morgan fingerprint density at radius 3 is 2.58 bits per heavy atom. The monoisotopic (exact) mass is 432 g/mol. The fourth-order valence-electron chi connectivity index (χ4n) is 5.79. The molecular formula is C22H26NO8-. The van der Waals surface area contributed by atoms with Crippen LogP contribution in [0.15, 0.2) is 35.9 Å². The van der Waals surface area contributed by atoms with E-state index >= 15 is 0 Å². The molecule has 168 valence electrons. The first-order chi connectivity index (χ1) is 14.6. The Hall–Kier alpha value is -2.46. The maximum atomic E-state index is 12.9. The molecule has 0 spiro atoms. The average Bonchev–Trinajstić information content (AvgIpc) is 3.04. The van der Waals surface area contributed by atoms with Gasteiger partial charge in [-0.25, -0.2) is 9.59 Å². The lowest BCUT2D eigenvalue weighted by molar-refractivity contribution is -0.185. The molecule has 5 unspecified atom stereocenters. The number of nitrogens with zero attached hydrogens (tertiary/aromatic N) is 1. The Labute approximate surface area is 179 Å². The highest BCUT2D eigenvalue weighted by molar-refractivity contribution is 5.94. The van der Waals surface area contributed by atoms with Crippen molar-refractivity contribution in [1.82, 2.24) is 0 Å². The zero-order valence-corrected chi connectivity index (χ0v) is 17.4. The van der Waals surface area contributed by atoms with Crippen LogP contribution in [0.1, 0.15) is 43.5 Å². The minimum absolute atomic E-state index is 0.0391. The van der Waals surface area contributed by atoms with Crippen LogP contribution in [0.3, 0.4) is 0 Å². The number of carbonyl (C=O) groups is 2. The predicted octanol–water partition coefficient (Wildman–Crippen LogP) is 1.94. The third-order valence-corrected chi connectivity index (χ3v) is 7.49. The van der Waals surface area contributed by atoms with Crippen LogP contribution in [0.5, 0.6) is 0 Å². The van der Waals surface area contributed by atoms with E-state index in [9.17, 15) is 25.0 Å². The molecule has 1 saturated carbocycles. The maximum absolute atomic E-state index is 12.9. The van der Waals surface area contributed by atoms with Crippen molar-refractivity contribution in [2.45, 2.75) is 44.8 Å². The summed E-state index contributed by atoms with van der Waals surface area (Å²) in [4.78, 5) is 25.2. The maximum Gasteiger partial charge on any atom is 0.338 e. The second kappa shape index (κ2) is 7.30. The normalized spacial score (nSPS) is 36.7. The summed E-state index contributed by atoms with van der Waals surface area (Å²) in [5.74, 6) is -1.78. The SMILES string of the molecule is CC1(CO)CCCC2(C)C1C(OC(=O)c1ccc(N([O-])O)cc1)C=C1C(=O)OCC12O. The van der Waals surface area contributed by atoms with E-state index in [1.807, 2.05) is 13.8 Å². The van der Waals surface area contributed by atoms with Crippen molar-refractivity contribution in [1.29, 1.82) is 0 Å². The van der Waals surface area contributed by atoms with Gasteiger partial charge in [-0.2, -0.15) is 0 Å². The average molecular weight is 432 g/mol. The molecule has 2 aliphatic carbocycles. The van der Waals surface area contributed by atoms with Crippen molar-refractivity contribution in [2.75, 3.05) is 18.4 Å². The Morgan fingerprint density at radius 1 is 1.29 bits per heavy atom. The minimum Gasteiger partial charge on any atom is -0.733 e. The number of aliphatic hydroxyl groups is 2. The van der Waals surface area contributed by atoms with Crippen molar-refractivity contribution in [3.05, 3.63) is 46.7 Å². The summed E-state index contributed by atoms with van der Waals surface area (Å²) in [5.41, 5.74) is -2.82. The molecule has 5 atom stereocenters. The molecule has 1 heterocycles. The van der Waals surface area contributed by atoms with Crippen LogP contribution >= 0.6 is 0 Å². The van der Waals surface area contributed by atoms with E-state index in [0.717, 1.165) is 6.42 Å². The molecule has 2 fully saturated rings. The Bertz CT molecular complexity index is 928. The minimum atomic E-state index is -1.52. The fourth-order valence-corrected chi connectivity index (χ4v) is 5.79. The number of esters is 2. The van der Waals surface area contributed by atoms with Gasteiger partial charge in [0.2, 0.25) is 0 Å². The van der Waals surface area contributed by atoms with E-state index in [-0.39, 0.29) is 35.3 Å². The highest BCUT2D eigenvalue weighted by Crippen LogP contribution is 2.63. The lowest BCUT2D eigenvalue weighted by Gasteiger charge is -2.60. The zero-order valence-electron chi connectivity index (χ0n) is 17.4. The summed E-state index contributed by atoms with van der Waals surface area (Å²) < 4.78 is 11.0. The van der Waals surface area contributed by atoms with Gasteiger partial charge in [0, 0.05) is 17.9 Å². The Morgan fingerprint density at radius 2 is 1.97 bits per heavy atom. The van der Waals surface area contributed by atoms with Crippen LogP contribution in [-0.4, -0.2) is 52.3 Å². The Kier molecular flexibility index (Phi) is 5.13. The van der Waals surface area contributed by atoms with Gasteiger partial charge in [0.25, 0.3) is 0 Å². The molecule has 0 bridgehead atoms. The second-order valence-corrected chi connectivity index (χ2v) is 9.27. The van der Waals surface area contributed by atoms with Crippen LogP contribution in [0, 0.1) is 22.0 Å². The van der Waals surface area contributed by atoms with Gasteiger partial charge in [0.1, 0.15) is 18.3 Å². The molecule has 1 aromatic rings. The highest BCUT2D eigenvalue weighted by Gasteiger charge is 2.68. The quantitative estimate of drug-likeness (QED) is 0.481. The molecule has 1 saturated heterocycles. The zero-order chi connectivity index (χ0) is 22.6. The summed E-state index contributed by atoms with van der Waals surface area (Å²) in [7, 11) is 0. The first-order valence-corrected chi connectivity index (χ1v) is 10.3. The van der Waals surface area contributed by atoms with Gasteiger partial charge < -0.3 is 30.1 Å². The van der Waals surface area contributed by atoms with Crippen molar-refractivity contribution in [3.8, 4) is 0 Å². The van der Waals surface area contributed by atoms with Crippen molar-refractivity contribution >= 4 is 17.6 Å². The van der Waals surface area contributed by atoms with Crippen LogP contribution in [-0.2, 0) is 14.3 Å². The van der Waals surface area contributed by atoms with E-state index in [2.05, 4.69) is 0 Å². The Balaban J connectivity index is 1.73. The van der Waals surface area contributed by atoms with Gasteiger partial charge in [-0.05, 0) is 48.6 Å². The molecule has 1 aromatic carbocycles. The molecule has 0 aromatic heterocycles. The number of ether oxygens (including phenoxy) is 2. The molecule has 9 heteroatoms. The molecule has 31 heavy (non-hydrogen) atoms. The topological polar surface area (TPSA) is 140 Å². The number of carbonyl (C=O) groups excluding carboxylic acids is 2. The van der Waals surface area contributed by atoms with Gasteiger partial charge in [-0.15, -0.1) is 0 Å². The number of benzene rings is 1. The lowest BCUT2D eigenvalue weighted by Crippen LogP contribution is -2.65. The fraction of sp³-hybridized carbons (Fsp3) is 0.545. The molecule has 3 aliphatic rings. The van der Waals surface area contributed by atoms with Gasteiger partial charge in [-0.3, -0.25) is 5.21 Å². The van der Waals surface area contributed by atoms with Crippen molar-refractivity contribution in [3.63, 3.8) is 0 Å². The third kappa shape index (κ3) is 3.15. The highest BCUT2D eigenvalue weighted by atomic mass is 16.8. The van der Waals surface area contributed by atoms with E-state index < -0.39 is 40.4 Å². The number of cyclic esters (lactones) is 1. The first-order valence-electron chi connectivity index (χ1n) is 10.3. The van der Waals surface area contributed by atoms with E-state index in [4.69, 9.17) is 14.7 Å². The summed E-state index contributed by atoms with van der Waals surface area (Å²) >= 11 is 0. The largest absolute Gasteiger partial charge is 0.733 e. The summed E-state index contributed by atoms with van der Waals surface area (Å²) in [5, 5.41) is 41.4. The number of rotatable bonds is 4. The predicted molar refractivity (Wildman–Crippen MR) is 108 cm³/mol. The standard InChI is InChI=1S/C22H26NO8/c1-20(11-24)8-3-9-21(2)17(20)16(10-15-19(26)30-12-22(15,21)27)31-18(25)13-4-6-14(7-5-13)23(28)29/h4-7,10,16-17,24,27-28H,3,8-9,11-12H2,1-2H3/q-1. The summed E-state index contributed by atoms with van der Waals surface area (Å²) in [6, 6.07) is 5.25. The van der Waals surface area contributed by atoms with Gasteiger partial charge >= 0.3 is 11.9 Å². The smallest absolute Gasteiger partial charge is 0.338 e. The summed E-state index contributed by atoms with van der Waals surface area (Å²) in [6.45, 7) is 3.43. The molecule has 9 nitrogen and oxygen atoms in total. The molecular weight excluding hydrogens is 406 g/mol. The molecule has 0 amide bonds. The molecule has 3 N–H and O–H groups in total. The van der Waals surface area contributed by atoms with E-state index in [1.165, 1.54) is 30.3 Å².